The van der Waals surface area contributed by atoms with E-state index in [2.05, 4.69) is 26.6 Å². The van der Waals surface area contributed by atoms with E-state index in [4.69, 9.17) is 4.74 Å². The number of hydrogen-bond donors (Lipinski definition) is 2. The molecule has 0 aliphatic heterocycles. The van der Waals surface area contributed by atoms with Gasteiger partial charge in [-0.15, -0.1) is 0 Å². The van der Waals surface area contributed by atoms with Crippen LogP contribution in [0.2, 0.25) is 0 Å². The van der Waals surface area contributed by atoms with E-state index in [1.807, 2.05) is 49.4 Å². The Bertz CT molecular complexity index is 659. The van der Waals surface area contributed by atoms with Crippen molar-refractivity contribution in [2.45, 2.75) is 19.9 Å². The normalized spacial score (nSPS) is 10.1. The summed E-state index contributed by atoms with van der Waals surface area (Å²) in [6, 6.07) is 13.6. The number of ether oxygens (including phenoxy) is 1. The van der Waals surface area contributed by atoms with Crippen LogP contribution in [0.1, 0.15) is 18.9 Å². The number of amides is 1. The zero-order valence-electron chi connectivity index (χ0n) is 12.7. The number of para-hydroxylation sites is 1. The molecule has 116 valence electrons. The Balaban J connectivity index is 2.17. The van der Waals surface area contributed by atoms with Gasteiger partial charge in [-0.1, -0.05) is 41.1 Å². The number of halogens is 1. The van der Waals surface area contributed by atoms with Gasteiger partial charge in [-0.2, -0.15) is 0 Å². The van der Waals surface area contributed by atoms with Crippen LogP contribution >= 0.6 is 15.9 Å². The van der Waals surface area contributed by atoms with Crippen molar-refractivity contribution in [3.05, 3.63) is 52.5 Å². The number of carbonyl (C=O) groups is 1. The molecule has 1 amide bonds. The van der Waals surface area contributed by atoms with Crippen LogP contribution in [0.3, 0.4) is 0 Å². The topological polar surface area (TPSA) is 50.4 Å². The molecule has 2 aromatic rings. The van der Waals surface area contributed by atoms with Gasteiger partial charge in [-0.3, -0.25) is 4.79 Å². The van der Waals surface area contributed by atoms with E-state index in [1.54, 1.807) is 7.11 Å². The summed E-state index contributed by atoms with van der Waals surface area (Å²) >= 11 is 3.43. The van der Waals surface area contributed by atoms with Gasteiger partial charge in [0.05, 0.1) is 18.5 Å². The van der Waals surface area contributed by atoms with E-state index in [1.165, 1.54) is 0 Å². The third kappa shape index (κ3) is 4.24. The lowest BCUT2D eigenvalue weighted by molar-refractivity contribution is -0.115. The van der Waals surface area contributed by atoms with E-state index >= 15 is 0 Å². The van der Waals surface area contributed by atoms with Crippen LogP contribution in [0.5, 0.6) is 5.75 Å². The molecule has 0 bridgehead atoms. The van der Waals surface area contributed by atoms with E-state index in [9.17, 15) is 4.79 Å². The van der Waals surface area contributed by atoms with Crippen molar-refractivity contribution in [3.8, 4) is 5.75 Å². The molecule has 0 fully saturated rings. The van der Waals surface area contributed by atoms with Gasteiger partial charge >= 0.3 is 0 Å². The number of benzene rings is 2. The Hall–Kier alpha value is -2.01. The highest BCUT2D eigenvalue weighted by Crippen LogP contribution is 2.27. The minimum atomic E-state index is -0.0153. The van der Waals surface area contributed by atoms with Gasteiger partial charge in [-0.25, -0.2) is 0 Å². The second-order valence-corrected chi connectivity index (χ2v) is 5.67. The molecule has 0 heterocycles. The summed E-state index contributed by atoms with van der Waals surface area (Å²) in [5, 5.41) is 6.25. The van der Waals surface area contributed by atoms with Crippen molar-refractivity contribution in [1.29, 1.82) is 0 Å². The second kappa shape index (κ2) is 7.84. The first-order valence-corrected chi connectivity index (χ1v) is 7.88. The summed E-state index contributed by atoms with van der Waals surface area (Å²) in [6.07, 6.45) is 0.443. The number of methoxy groups -OCH3 is 1. The van der Waals surface area contributed by atoms with Crippen LogP contribution in [-0.2, 0) is 11.3 Å². The quantitative estimate of drug-likeness (QED) is 0.799. The zero-order valence-corrected chi connectivity index (χ0v) is 14.2. The average Bonchev–Trinajstić information content (AvgIpc) is 2.54. The Morgan fingerprint density at radius 2 is 1.95 bits per heavy atom. The number of anilines is 2. The highest BCUT2D eigenvalue weighted by molar-refractivity contribution is 9.10. The number of nitrogens with one attached hydrogen (secondary N) is 2. The van der Waals surface area contributed by atoms with Gasteiger partial charge in [0.15, 0.2) is 0 Å². The van der Waals surface area contributed by atoms with Crippen molar-refractivity contribution >= 4 is 33.2 Å². The largest absolute Gasteiger partial charge is 0.496 e. The fourth-order valence-corrected chi connectivity index (χ4v) is 2.41. The number of rotatable bonds is 6. The third-order valence-corrected chi connectivity index (χ3v) is 3.73. The lowest BCUT2D eigenvalue weighted by Gasteiger charge is -2.15. The molecule has 0 spiro atoms. The molecular formula is C17H19BrN2O2. The molecule has 0 aliphatic carbocycles. The Labute approximate surface area is 139 Å². The van der Waals surface area contributed by atoms with E-state index < -0.39 is 0 Å². The van der Waals surface area contributed by atoms with Crippen LogP contribution in [0, 0.1) is 0 Å². The predicted octanol–water partition coefficient (Wildman–Crippen LogP) is 4.42. The van der Waals surface area contributed by atoms with E-state index in [0.717, 1.165) is 27.2 Å². The molecule has 0 saturated heterocycles. The second-order valence-electron chi connectivity index (χ2n) is 4.76. The fraction of sp³-hybridized carbons (Fsp3) is 0.235. The van der Waals surface area contributed by atoms with Gasteiger partial charge in [0.25, 0.3) is 0 Å². The molecule has 22 heavy (non-hydrogen) atoms. The van der Waals surface area contributed by atoms with Gasteiger partial charge < -0.3 is 15.4 Å². The smallest absolute Gasteiger partial charge is 0.224 e. The summed E-state index contributed by atoms with van der Waals surface area (Å²) in [4.78, 5) is 11.6. The molecule has 0 unspecified atom stereocenters. The first-order chi connectivity index (χ1) is 10.6. The van der Waals surface area contributed by atoms with Crippen LogP contribution in [0.15, 0.2) is 46.9 Å². The molecular weight excluding hydrogens is 344 g/mol. The van der Waals surface area contributed by atoms with Crippen LogP contribution < -0.4 is 15.4 Å². The average molecular weight is 363 g/mol. The third-order valence-electron chi connectivity index (χ3n) is 3.24. The van der Waals surface area contributed by atoms with E-state index in [0.29, 0.717) is 13.0 Å². The molecule has 2 rings (SSSR count). The summed E-state index contributed by atoms with van der Waals surface area (Å²) in [6.45, 7) is 2.44. The molecule has 0 atom stereocenters. The summed E-state index contributed by atoms with van der Waals surface area (Å²) in [5.74, 6) is 0.824. The highest BCUT2D eigenvalue weighted by atomic mass is 79.9. The molecule has 0 saturated carbocycles. The van der Waals surface area contributed by atoms with Crippen molar-refractivity contribution in [3.63, 3.8) is 0 Å². The zero-order chi connectivity index (χ0) is 15.9. The fourth-order valence-electron chi connectivity index (χ4n) is 2.05. The molecule has 2 aromatic carbocycles. The van der Waals surface area contributed by atoms with E-state index in [-0.39, 0.29) is 5.91 Å². The van der Waals surface area contributed by atoms with Gasteiger partial charge in [0.1, 0.15) is 5.75 Å². The lowest BCUT2D eigenvalue weighted by Crippen LogP contribution is -2.12. The Morgan fingerprint density at radius 3 is 2.68 bits per heavy atom. The maximum atomic E-state index is 11.6. The molecule has 2 N–H and O–H groups in total. The molecule has 4 nitrogen and oxygen atoms in total. The van der Waals surface area contributed by atoms with Crippen LogP contribution in [-0.4, -0.2) is 13.0 Å². The minimum absolute atomic E-state index is 0.0153. The Morgan fingerprint density at radius 1 is 1.18 bits per heavy atom. The first kappa shape index (κ1) is 16.4. The summed E-state index contributed by atoms with van der Waals surface area (Å²) in [5.41, 5.74) is 2.69. The van der Waals surface area contributed by atoms with Gasteiger partial charge in [0.2, 0.25) is 5.91 Å². The Kier molecular flexibility index (Phi) is 5.83. The van der Waals surface area contributed by atoms with Crippen molar-refractivity contribution < 1.29 is 9.53 Å². The highest BCUT2D eigenvalue weighted by Gasteiger charge is 2.08. The van der Waals surface area contributed by atoms with Gasteiger partial charge in [0, 0.05) is 23.0 Å². The van der Waals surface area contributed by atoms with Crippen molar-refractivity contribution in [1.82, 2.24) is 0 Å². The standard InChI is InChI=1S/C17H19BrN2O2/c1-3-17(21)20-15-10-13(18)8-9-14(15)19-11-12-6-4-5-7-16(12)22-2/h4-10,19H,3,11H2,1-2H3,(H,20,21). The molecule has 0 radical (unpaired) electrons. The minimum Gasteiger partial charge on any atom is -0.496 e. The number of hydrogen-bond acceptors (Lipinski definition) is 3. The number of carbonyl (C=O) groups excluding carboxylic acids is 1. The van der Waals surface area contributed by atoms with Gasteiger partial charge in [-0.05, 0) is 24.3 Å². The van der Waals surface area contributed by atoms with Crippen LogP contribution in [0.25, 0.3) is 0 Å². The molecule has 0 aliphatic rings. The molecule has 0 aromatic heterocycles. The summed E-state index contributed by atoms with van der Waals surface area (Å²) < 4.78 is 6.27. The first-order valence-electron chi connectivity index (χ1n) is 7.09. The van der Waals surface area contributed by atoms with Crippen LogP contribution in [0.4, 0.5) is 11.4 Å². The SMILES string of the molecule is CCC(=O)Nc1cc(Br)ccc1NCc1ccccc1OC. The predicted molar refractivity (Wildman–Crippen MR) is 93.4 cm³/mol. The monoisotopic (exact) mass is 362 g/mol. The maximum absolute atomic E-state index is 11.6. The van der Waals surface area contributed by atoms with Crippen molar-refractivity contribution in [2.24, 2.45) is 0 Å². The lowest BCUT2D eigenvalue weighted by atomic mass is 10.2. The summed E-state index contributed by atoms with van der Waals surface area (Å²) in [7, 11) is 1.66. The maximum Gasteiger partial charge on any atom is 0.224 e. The molecule has 5 heteroatoms. The van der Waals surface area contributed by atoms with Crippen molar-refractivity contribution in [2.75, 3.05) is 17.7 Å².